The molecule has 0 fully saturated rings. The fraction of sp³-hybridized carbons (Fsp3) is 0.200. The molecule has 0 amide bonds. The van der Waals surface area contributed by atoms with E-state index in [9.17, 15) is 4.39 Å². The maximum Gasteiger partial charge on any atom is 0.183 e. The van der Waals surface area contributed by atoms with Gasteiger partial charge in [-0.2, -0.15) is 5.26 Å². The van der Waals surface area contributed by atoms with Crippen LogP contribution < -0.4 is 5.32 Å². The lowest BCUT2D eigenvalue weighted by atomic mass is 10.2. The van der Waals surface area contributed by atoms with E-state index >= 15 is 0 Å². The molecule has 0 heterocycles. The van der Waals surface area contributed by atoms with Crippen LogP contribution in [0.4, 0.5) is 10.1 Å². The number of nitrogens with zero attached hydrogens (tertiary/aromatic N) is 2. The van der Waals surface area contributed by atoms with E-state index in [4.69, 9.17) is 5.26 Å². The van der Waals surface area contributed by atoms with Crippen LogP contribution in [0.2, 0.25) is 0 Å². The molecular weight excluding hydrogens is 340 g/mol. The first kappa shape index (κ1) is 13.3. The molecule has 0 radical (unpaired) electrons. The minimum atomic E-state index is -0.379. The summed E-state index contributed by atoms with van der Waals surface area (Å²) in [5.41, 5.74) is 1.11. The van der Waals surface area contributed by atoms with Crippen molar-refractivity contribution in [3.63, 3.8) is 0 Å². The molecule has 0 spiro atoms. The molecule has 16 heavy (non-hydrogen) atoms. The van der Waals surface area contributed by atoms with Gasteiger partial charge in [0.05, 0.1) is 0 Å². The van der Waals surface area contributed by atoms with Crippen LogP contribution in [0, 0.1) is 27.8 Å². The highest BCUT2D eigenvalue weighted by Gasteiger charge is 2.08. The first-order chi connectivity index (χ1) is 7.58. The molecule has 0 atom stereocenters. The monoisotopic (exact) mass is 349 g/mol. The summed E-state index contributed by atoms with van der Waals surface area (Å²) < 4.78 is 14.3. The molecule has 0 aromatic heterocycles. The third-order valence-corrected chi connectivity index (χ3v) is 3.13. The van der Waals surface area contributed by atoms with Gasteiger partial charge in [0.1, 0.15) is 11.5 Å². The molecule has 84 valence electrons. The van der Waals surface area contributed by atoms with Crippen molar-refractivity contribution in [3.05, 3.63) is 27.1 Å². The van der Waals surface area contributed by atoms with Gasteiger partial charge in [-0.3, -0.25) is 5.32 Å². The third kappa shape index (κ3) is 3.35. The Morgan fingerprint density at radius 1 is 1.62 bits per heavy atom. The van der Waals surface area contributed by atoms with Gasteiger partial charge in [-0.05, 0) is 53.5 Å². The number of nitrogens with one attached hydrogen (secondary N) is 1. The summed E-state index contributed by atoms with van der Waals surface area (Å²) in [5.74, 6) is -0.379. The zero-order valence-corrected chi connectivity index (χ0v) is 11.7. The number of aryl methyl sites for hydroxylation is 1. The van der Waals surface area contributed by atoms with Crippen molar-refractivity contribution < 1.29 is 4.39 Å². The third-order valence-electron chi connectivity index (χ3n) is 1.73. The fourth-order valence-electron chi connectivity index (χ4n) is 1.07. The second-order valence-electron chi connectivity index (χ2n) is 2.94. The minimum Gasteiger partial charge on any atom is -0.271 e. The maximum absolute atomic E-state index is 13.6. The van der Waals surface area contributed by atoms with Gasteiger partial charge < -0.3 is 0 Å². The lowest BCUT2D eigenvalue weighted by Gasteiger charge is -2.04. The van der Waals surface area contributed by atoms with Crippen LogP contribution >= 0.6 is 34.4 Å². The number of amidine groups is 1. The van der Waals surface area contributed by atoms with Crippen molar-refractivity contribution in [1.82, 2.24) is 5.32 Å². The van der Waals surface area contributed by atoms with Crippen LogP contribution in [0.1, 0.15) is 5.56 Å². The average Bonchev–Trinajstić information content (AvgIpc) is 2.21. The highest BCUT2D eigenvalue weighted by atomic mass is 127. The van der Waals surface area contributed by atoms with Crippen molar-refractivity contribution in [2.75, 3.05) is 6.26 Å². The normalized spacial score (nSPS) is 11.1. The average molecular weight is 349 g/mol. The number of aliphatic imine (C=N–C) groups is 1. The van der Waals surface area contributed by atoms with Crippen LogP contribution in [0.5, 0.6) is 0 Å². The lowest BCUT2D eigenvalue weighted by molar-refractivity contribution is 0.628. The van der Waals surface area contributed by atoms with E-state index in [0.29, 0.717) is 5.17 Å². The summed E-state index contributed by atoms with van der Waals surface area (Å²) in [6, 6.07) is 3.26. The molecule has 1 N–H and O–H groups in total. The number of hydrogen-bond acceptors (Lipinski definition) is 3. The summed E-state index contributed by atoms with van der Waals surface area (Å²) >= 11 is 3.28. The molecule has 6 heteroatoms. The van der Waals surface area contributed by atoms with Gasteiger partial charge in [-0.25, -0.2) is 9.38 Å². The molecule has 1 rings (SSSR count). The van der Waals surface area contributed by atoms with E-state index in [2.05, 4.69) is 10.3 Å². The number of halogens is 2. The van der Waals surface area contributed by atoms with E-state index in [-0.39, 0.29) is 11.5 Å². The quantitative estimate of drug-likeness (QED) is 0.279. The molecule has 0 aliphatic heterocycles. The van der Waals surface area contributed by atoms with E-state index in [1.54, 1.807) is 12.4 Å². The number of nitriles is 1. The topological polar surface area (TPSA) is 48.2 Å². The largest absolute Gasteiger partial charge is 0.271 e. The second kappa shape index (κ2) is 6.06. The highest BCUT2D eigenvalue weighted by Crippen LogP contribution is 2.27. The Morgan fingerprint density at radius 2 is 2.31 bits per heavy atom. The Bertz CT molecular complexity index is 445. The zero-order chi connectivity index (χ0) is 12.1. The summed E-state index contributed by atoms with van der Waals surface area (Å²) in [6.45, 7) is 1.82. The Morgan fingerprint density at radius 3 is 2.81 bits per heavy atom. The Kier molecular flexibility index (Phi) is 5.02. The van der Waals surface area contributed by atoms with Crippen molar-refractivity contribution in [3.8, 4) is 6.19 Å². The van der Waals surface area contributed by atoms with Crippen LogP contribution in [0.3, 0.4) is 0 Å². The van der Waals surface area contributed by atoms with Gasteiger partial charge in [0, 0.05) is 3.57 Å². The molecule has 0 unspecified atom stereocenters. The predicted molar refractivity (Wildman–Crippen MR) is 73.2 cm³/mol. The van der Waals surface area contributed by atoms with E-state index < -0.39 is 0 Å². The summed E-state index contributed by atoms with van der Waals surface area (Å²) in [7, 11) is 0. The fourth-order valence-corrected chi connectivity index (χ4v) is 2.27. The Hall–Kier alpha value is -0.810. The number of benzene rings is 1. The minimum absolute atomic E-state index is 0.262. The predicted octanol–water partition coefficient (Wildman–Crippen LogP) is 3.16. The summed E-state index contributed by atoms with van der Waals surface area (Å²) in [5, 5.41) is 11.3. The van der Waals surface area contributed by atoms with Gasteiger partial charge in [0.2, 0.25) is 0 Å². The number of thioether (sulfide) groups is 1. The summed E-state index contributed by atoms with van der Waals surface area (Å²) in [4.78, 5) is 4.07. The summed E-state index contributed by atoms with van der Waals surface area (Å²) in [6.07, 6.45) is 3.53. The SMILES string of the molecule is CSC(=Nc1c(F)cc(C)cc1I)NC#N. The molecular formula is C10H9FIN3S. The van der Waals surface area contributed by atoms with Gasteiger partial charge in [0.25, 0.3) is 0 Å². The molecule has 3 nitrogen and oxygen atoms in total. The van der Waals surface area contributed by atoms with E-state index in [0.717, 1.165) is 9.13 Å². The Balaban J connectivity index is 3.19. The number of hydrogen-bond donors (Lipinski definition) is 1. The van der Waals surface area contributed by atoms with Gasteiger partial charge in [-0.15, -0.1) is 0 Å². The number of rotatable bonds is 1. The van der Waals surface area contributed by atoms with Crippen molar-refractivity contribution in [2.24, 2.45) is 4.99 Å². The highest BCUT2D eigenvalue weighted by molar-refractivity contribution is 14.1. The second-order valence-corrected chi connectivity index (χ2v) is 4.89. The first-order valence-electron chi connectivity index (χ1n) is 4.32. The lowest BCUT2D eigenvalue weighted by Crippen LogP contribution is -2.12. The van der Waals surface area contributed by atoms with E-state index in [1.807, 2.05) is 35.6 Å². The maximum atomic E-state index is 13.6. The smallest absolute Gasteiger partial charge is 0.183 e. The molecule has 0 aliphatic rings. The first-order valence-corrected chi connectivity index (χ1v) is 6.62. The molecule has 1 aromatic carbocycles. The van der Waals surface area contributed by atoms with Crippen LogP contribution in [-0.2, 0) is 0 Å². The Labute approximate surface area is 111 Å². The molecule has 1 aromatic rings. The van der Waals surface area contributed by atoms with Crippen molar-refractivity contribution >= 4 is 45.2 Å². The van der Waals surface area contributed by atoms with E-state index in [1.165, 1.54) is 17.8 Å². The van der Waals surface area contributed by atoms with Gasteiger partial charge in [0.15, 0.2) is 11.4 Å². The van der Waals surface area contributed by atoms with Crippen molar-refractivity contribution in [1.29, 1.82) is 5.26 Å². The molecule has 0 saturated carbocycles. The van der Waals surface area contributed by atoms with Crippen molar-refractivity contribution in [2.45, 2.75) is 6.92 Å². The van der Waals surface area contributed by atoms with Gasteiger partial charge in [-0.1, -0.05) is 11.8 Å². The van der Waals surface area contributed by atoms with Crippen LogP contribution in [-0.4, -0.2) is 11.4 Å². The standard InChI is InChI=1S/C10H9FIN3S/c1-6-3-7(11)9(8(12)4-6)15-10(16-2)14-5-13/h3-4H,1-2H3,(H,14,15). The zero-order valence-electron chi connectivity index (χ0n) is 8.71. The van der Waals surface area contributed by atoms with Gasteiger partial charge >= 0.3 is 0 Å². The van der Waals surface area contributed by atoms with Crippen LogP contribution in [0.15, 0.2) is 17.1 Å². The molecule has 0 bridgehead atoms. The molecule has 0 aliphatic carbocycles. The van der Waals surface area contributed by atoms with Crippen LogP contribution in [0.25, 0.3) is 0 Å². The molecule has 0 saturated heterocycles.